The van der Waals surface area contributed by atoms with E-state index < -0.39 is 5.97 Å². The van der Waals surface area contributed by atoms with Crippen molar-refractivity contribution < 1.29 is 14.7 Å². The molecule has 102 valence electrons. The smallest absolute Gasteiger partial charge is 0.328 e. The van der Waals surface area contributed by atoms with Gasteiger partial charge in [-0.3, -0.25) is 4.79 Å². The van der Waals surface area contributed by atoms with Crippen LogP contribution < -0.4 is 10.6 Å². The second-order valence-corrected chi connectivity index (χ2v) is 4.24. The van der Waals surface area contributed by atoms with Crippen LogP contribution >= 0.6 is 0 Å². The number of hydrogen-bond acceptors (Lipinski definition) is 3. The lowest BCUT2D eigenvalue weighted by atomic mass is 10.1. The Bertz CT molecular complexity index is 466. The Kier molecular flexibility index (Phi) is 5.75. The fraction of sp³-hybridized carbons (Fsp3) is 0.286. The molecule has 1 aromatic carbocycles. The fourth-order valence-corrected chi connectivity index (χ4v) is 1.51. The molecule has 1 unspecified atom stereocenters. The molecule has 5 nitrogen and oxygen atoms in total. The van der Waals surface area contributed by atoms with Crippen LogP contribution in [0.4, 0.5) is 5.69 Å². The number of hydrogen-bond donors (Lipinski definition) is 3. The Balaban J connectivity index is 2.62. The zero-order valence-corrected chi connectivity index (χ0v) is 11.0. The molecule has 0 saturated heterocycles. The molecule has 0 bridgehead atoms. The molecule has 0 saturated carbocycles. The third-order valence-corrected chi connectivity index (χ3v) is 2.55. The summed E-state index contributed by atoms with van der Waals surface area (Å²) in [7, 11) is 1.80. The van der Waals surface area contributed by atoms with E-state index in [1.807, 2.05) is 6.92 Å². The highest BCUT2D eigenvalue weighted by atomic mass is 16.4. The van der Waals surface area contributed by atoms with Crippen LogP contribution in [0.1, 0.15) is 12.5 Å². The van der Waals surface area contributed by atoms with Crippen molar-refractivity contribution in [1.82, 2.24) is 5.32 Å². The van der Waals surface area contributed by atoms with E-state index in [1.54, 1.807) is 31.3 Å². The minimum atomic E-state index is -0.988. The van der Waals surface area contributed by atoms with Crippen LogP contribution in [0, 0.1) is 5.92 Å². The number of aliphatic carboxylic acids is 1. The van der Waals surface area contributed by atoms with Gasteiger partial charge < -0.3 is 15.7 Å². The number of rotatable bonds is 6. The Morgan fingerprint density at radius 2 is 1.95 bits per heavy atom. The molecule has 1 rings (SSSR count). The van der Waals surface area contributed by atoms with Gasteiger partial charge in [0.2, 0.25) is 5.91 Å². The SMILES string of the molecule is CNCC(C)C(=O)Nc1ccc(/C=C/C(=O)O)cc1. The van der Waals surface area contributed by atoms with Gasteiger partial charge in [0.05, 0.1) is 0 Å². The summed E-state index contributed by atoms with van der Waals surface area (Å²) in [4.78, 5) is 22.1. The van der Waals surface area contributed by atoms with Crippen LogP contribution in [0.3, 0.4) is 0 Å². The van der Waals surface area contributed by atoms with Gasteiger partial charge in [0.25, 0.3) is 0 Å². The topological polar surface area (TPSA) is 78.4 Å². The Labute approximate surface area is 112 Å². The highest BCUT2D eigenvalue weighted by Gasteiger charge is 2.11. The van der Waals surface area contributed by atoms with E-state index in [-0.39, 0.29) is 11.8 Å². The predicted molar refractivity (Wildman–Crippen MR) is 74.8 cm³/mol. The second-order valence-electron chi connectivity index (χ2n) is 4.24. The van der Waals surface area contributed by atoms with Crippen LogP contribution in [0.2, 0.25) is 0 Å². The number of carbonyl (C=O) groups is 2. The number of amides is 1. The quantitative estimate of drug-likeness (QED) is 0.680. The minimum absolute atomic E-state index is 0.0526. The summed E-state index contributed by atoms with van der Waals surface area (Å²) < 4.78 is 0. The number of carboxylic acid groups (broad SMARTS) is 1. The molecule has 0 aliphatic rings. The Morgan fingerprint density at radius 3 is 2.47 bits per heavy atom. The third kappa shape index (κ3) is 5.35. The number of nitrogens with one attached hydrogen (secondary N) is 2. The zero-order chi connectivity index (χ0) is 14.3. The van der Waals surface area contributed by atoms with E-state index in [9.17, 15) is 9.59 Å². The van der Waals surface area contributed by atoms with E-state index in [1.165, 1.54) is 6.08 Å². The first kappa shape index (κ1) is 14.9. The number of carboxylic acids is 1. The molecule has 1 amide bonds. The molecule has 3 N–H and O–H groups in total. The van der Waals surface area contributed by atoms with E-state index in [4.69, 9.17) is 5.11 Å². The summed E-state index contributed by atoms with van der Waals surface area (Å²) >= 11 is 0. The normalized spacial score (nSPS) is 12.3. The van der Waals surface area contributed by atoms with Crippen LogP contribution in [0.25, 0.3) is 6.08 Å². The summed E-state index contributed by atoms with van der Waals surface area (Å²) in [5.41, 5.74) is 1.46. The minimum Gasteiger partial charge on any atom is -0.478 e. The highest BCUT2D eigenvalue weighted by molar-refractivity contribution is 5.92. The van der Waals surface area contributed by atoms with Crippen molar-refractivity contribution in [3.05, 3.63) is 35.9 Å². The van der Waals surface area contributed by atoms with Gasteiger partial charge in [-0.05, 0) is 30.8 Å². The molecule has 0 aliphatic heterocycles. The van der Waals surface area contributed by atoms with Crippen LogP contribution in [0.15, 0.2) is 30.3 Å². The van der Waals surface area contributed by atoms with Crippen molar-refractivity contribution in [2.75, 3.05) is 18.9 Å². The third-order valence-electron chi connectivity index (χ3n) is 2.55. The molecular weight excluding hydrogens is 244 g/mol. The van der Waals surface area contributed by atoms with Gasteiger partial charge >= 0.3 is 5.97 Å². The van der Waals surface area contributed by atoms with Gasteiger partial charge in [-0.2, -0.15) is 0 Å². The largest absolute Gasteiger partial charge is 0.478 e. The summed E-state index contributed by atoms with van der Waals surface area (Å²) in [5, 5.41) is 14.3. The van der Waals surface area contributed by atoms with E-state index >= 15 is 0 Å². The first-order valence-electron chi connectivity index (χ1n) is 5.99. The number of anilines is 1. The van der Waals surface area contributed by atoms with Crippen molar-refractivity contribution in [1.29, 1.82) is 0 Å². The average Bonchev–Trinajstić information content (AvgIpc) is 2.38. The Morgan fingerprint density at radius 1 is 1.32 bits per heavy atom. The summed E-state index contributed by atoms with van der Waals surface area (Å²) in [6, 6.07) is 6.98. The molecule has 0 aromatic heterocycles. The molecule has 19 heavy (non-hydrogen) atoms. The maximum atomic E-state index is 11.8. The molecule has 0 aliphatic carbocycles. The standard InChI is InChI=1S/C14H18N2O3/c1-10(9-15-2)14(19)16-12-6-3-11(4-7-12)5-8-13(17)18/h3-8,10,15H,9H2,1-2H3,(H,16,19)(H,17,18)/b8-5+. The maximum Gasteiger partial charge on any atom is 0.328 e. The lowest BCUT2D eigenvalue weighted by Gasteiger charge is -2.11. The van der Waals surface area contributed by atoms with Crippen molar-refractivity contribution in [3.63, 3.8) is 0 Å². The lowest BCUT2D eigenvalue weighted by molar-refractivity contribution is -0.131. The van der Waals surface area contributed by atoms with E-state index in [0.29, 0.717) is 12.2 Å². The first-order valence-corrected chi connectivity index (χ1v) is 5.99. The molecule has 1 aromatic rings. The molecule has 5 heteroatoms. The van der Waals surface area contributed by atoms with E-state index in [2.05, 4.69) is 10.6 Å². The molecule has 0 spiro atoms. The van der Waals surface area contributed by atoms with Crippen molar-refractivity contribution in [2.45, 2.75) is 6.92 Å². The average molecular weight is 262 g/mol. The highest BCUT2D eigenvalue weighted by Crippen LogP contribution is 2.12. The lowest BCUT2D eigenvalue weighted by Crippen LogP contribution is -2.28. The van der Waals surface area contributed by atoms with Gasteiger partial charge in [0, 0.05) is 24.2 Å². The molecular formula is C14H18N2O3. The van der Waals surface area contributed by atoms with Gasteiger partial charge in [-0.1, -0.05) is 19.1 Å². The van der Waals surface area contributed by atoms with Gasteiger partial charge in [0.1, 0.15) is 0 Å². The molecule has 0 radical (unpaired) electrons. The van der Waals surface area contributed by atoms with Crippen LogP contribution in [-0.4, -0.2) is 30.6 Å². The monoisotopic (exact) mass is 262 g/mol. The summed E-state index contributed by atoms with van der Waals surface area (Å²) in [6.45, 7) is 2.46. The number of benzene rings is 1. The van der Waals surface area contributed by atoms with Gasteiger partial charge in [0.15, 0.2) is 0 Å². The van der Waals surface area contributed by atoms with E-state index in [0.717, 1.165) is 11.6 Å². The van der Waals surface area contributed by atoms with Gasteiger partial charge in [-0.25, -0.2) is 4.79 Å². The van der Waals surface area contributed by atoms with Crippen LogP contribution in [0.5, 0.6) is 0 Å². The summed E-state index contributed by atoms with van der Waals surface area (Å²) in [6.07, 6.45) is 2.57. The van der Waals surface area contributed by atoms with Crippen molar-refractivity contribution in [2.24, 2.45) is 5.92 Å². The molecule has 0 fully saturated rings. The zero-order valence-electron chi connectivity index (χ0n) is 11.0. The van der Waals surface area contributed by atoms with Gasteiger partial charge in [-0.15, -0.1) is 0 Å². The maximum absolute atomic E-state index is 11.8. The molecule has 1 atom stereocenters. The second kappa shape index (κ2) is 7.33. The number of carbonyl (C=O) groups excluding carboxylic acids is 1. The van der Waals surface area contributed by atoms with Crippen molar-refractivity contribution in [3.8, 4) is 0 Å². The van der Waals surface area contributed by atoms with Crippen molar-refractivity contribution >= 4 is 23.6 Å². The predicted octanol–water partition coefficient (Wildman–Crippen LogP) is 1.58. The Hall–Kier alpha value is -2.14. The fourth-order valence-electron chi connectivity index (χ4n) is 1.51. The summed E-state index contributed by atoms with van der Waals surface area (Å²) in [5.74, 6) is -1.15. The molecule has 0 heterocycles. The van der Waals surface area contributed by atoms with Crippen LogP contribution in [-0.2, 0) is 9.59 Å². The first-order chi connectivity index (χ1) is 9.02.